The number of rotatable bonds is 3. The molecule has 1 aromatic carbocycles. The molecule has 0 aliphatic heterocycles. The minimum Gasteiger partial charge on any atom is -0.488 e. The third kappa shape index (κ3) is 2.24. The van der Waals surface area contributed by atoms with Crippen LogP contribution in [0.4, 0.5) is 4.39 Å². The van der Waals surface area contributed by atoms with E-state index in [-0.39, 0.29) is 23.4 Å². The fourth-order valence-electron chi connectivity index (χ4n) is 1.63. The quantitative estimate of drug-likeness (QED) is 0.744. The van der Waals surface area contributed by atoms with Gasteiger partial charge in [0.05, 0.1) is 5.38 Å². The fourth-order valence-corrected chi connectivity index (χ4v) is 2.07. The van der Waals surface area contributed by atoms with Gasteiger partial charge in [0.15, 0.2) is 0 Å². The van der Waals surface area contributed by atoms with Gasteiger partial charge in [-0.15, -0.1) is 11.6 Å². The molecular weight excluding hydrogens is 219 g/mol. The molecule has 82 valence electrons. The van der Waals surface area contributed by atoms with Gasteiger partial charge in [0.2, 0.25) is 0 Å². The molecule has 0 amide bonds. The van der Waals surface area contributed by atoms with E-state index in [1.807, 2.05) is 0 Å². The Balaban J connectivity index is 1.95. The Morgan fingerprint density at radius 1 is 1.33 bits per heavy atom. The monoisotopic (exact) mass is 230 g/mol. The van der Waals surface area contributed by atoms with Gasteiger partial charge in [-0.05, 0) is 24.3 Å². The van der Waals surface area contributed by atoms with Crippen LogP contribution in [0.2, 0.25) is 0 Å². The third-order valence-corrected chi connectivity index (χ3v) is 2.98. The Morgan fingerprint density at radius 3 is 2.53 bits per heavy atom. The predicted molar refractivity (Wildman–Crippen MR) is 55.9 cm³/mol. The minimum absolute atomic E-state index is 0.0143. The zero-order chi connectivity index (χ0) is 10.8. The summed E-state index contributed by atoms with van der Waals surface area (Å²) < 4.78 is 23.4. The van der Waals surface area contributed by atoms with Crippen molar-refractivity contribution < 1.29 is 13.9 Å². The summed E-state index contributed by atoms with van der Waals surface area (Å²) in [6.45, 7) is 0. The average molecular weight is 231 g/mol. The first-order valence-corrected chi connectivity index (χ1v) is 5.23. The van der Waals surface area contributed by atoms with Gasteiger partial charge in [-0.1, -0.05) is 0 Å². The number of hydrogen-bond donors (Lipinski definition) is 0. The zero-order valence-electron chi connectivity index (χ0n) is 8.32. The lowest BCUT2D eigenvalue weighted by atomic mass is 9.91. The van der Waals surface area contributed by atoms with E-state index in [1.54, 1.807) is 19.2 Å². The SMILES string of the molecule is COC1C(Cl)CC1Oc1ccc(F)cc1. The summed E-state index contributed by atoms with van der Waals surface area (Å²) in [5.74, 6) is 0.376. The van der Waals surface area contributed by atoms with Gasteiger partial charge < -0.3 is 9.47 Å². The van der Waals surface area contributed by atoms with Gasteiger partial charge in [-0.2, -0.15) is 0 Å². The van der Waals surface area contributed by atoms with Crippen molar-refractivity contribution in [3.05, 3.63) is 30.1 Å². The second kappa shape index (κ2) is 4.37. The Kier molecular flexibility index (Phi) is 3.12. The van der Waals surface area contributed by atoms with Crippen LogP contribution < -0.4 is 4.74 Å². The lowest BCUT2D eigenvalue weighted by Crippen LogP contribution is -2.52. The predicted octanol–water partition coefficient (Wildman–Crippen LogP) is 2.60. The molecule has 15 heavy (non-hydrogen) atoms. The third-order valence-electron chi connectivity index (χ3n) is 2.55. The highest BCUT2D eigenvalue weighted by Crippen LogP contribution is 2.32. The van der Waals surface area contributed by atoms with E-state index in [2.05, 4.69) is 0 Å². The Labute approximate surface area is 92.9 Å². The molecule has 2 rings (SSSR count). The molecule has 2 nitrogen and oxygen atoms in total. The summed E-state index contributed by atoms with van der Waals surface area (Å²) in [6, 6.07) is 5.94. The Morgan fingerprint density at radius 2 is 2.00 bits per heavy atom. The highest BCUT2D eigenvalue weighted by atomic mass is 35.5. The molecule has 0 spiro atoms. The number of ether oxygens (including phenoxy) is 2. The molecule has 1 aliphatic rings. The van der Waals surface area contributed by atoms with Gasteiger partial charge in [0.25, 0.3) is 0 Å². The van der Waals surface area contributed by atoms with Crippen molar-refractivity contribution in [1.29, 1.82) is 0 Å². The van der Waals surface area contributed by atoms with E-state index in [9.17, 15) is 4.39 Å². The Bertz CT molecular complexity index is 328. The van der Waals surface area contributed by atoms with Crippen molar-refractivity contribution in [3.8, 4) is 5.75 Å². The first-order valence-electron chi connectivity index (χ1n) is 4.80. The van der Waals surface area contributed by atoms with Crippen LogP contribution in [0.5, 0.6) is 5.75 Å². The minimum atomic E-state index is -0.269. The van der Waals surface area contributed by atoms with Gasteiger partial charge >= 0.3 is 0 Å². The molecule has 1 aliphatic carbocycles. The van der Waals surface area contributed by atoms with Crippen LogP contribution in [0, 0.1) is 5.82 Å². The summed E-state index contributed by atoms with van der Waals surface area (Å²) in [5.41, 5.74) is 0. The summed E-state index contributed by atoms with van der Waals surface area (Å²) in [7, 11) is 1.61. The molecule has 3 atom stereocenters. The molecule has 0 aromatic heterocycles. The van der Waals surface area contributed by atoms with Gasteiger partial charge in [-0.3, -0.25) is 0 Å². The van der Waals surface area contributed by atoms with Crippen LogP contribution in [-0.4, -0.2) is 24.7 Å². The molecule has 3 unspecified atom stereocenters. The van der Waals surface area contributed by atoms with Crippen molar-refractivity contribution in [2.75, 3.05) is 7.11 Å². The van der Waals surface area contributed by atoms with Crippen LogP contribution in [0.1, 0.15) is 6.42 Å². The maximum atomic E-state index is 12.6. The molecule has 1 saturated carbocycles. The first-order chi connectivity index (χ1) is 7.20. The topological polar surface area (TPSA) is 18.5 Å². The van der Waals surface area contributed by atoms with Crippen LogP contribution in [0.3, 0.4) is 0 Å². The molecule has 0 N–H and O–H groups in total. The molecule has 1 aromatic rings. The number of hydrogen-bond acceptors (Lipinski definition) is 2. The molecule has 0 saturated heterocycles. The van der Waals surface area contributed by atoms with Crippen molar-refractivity contribution >= 4 is 11.6 Å². The van der Waals surface area contributed by atoms with Crippen molar-refractivity contribution in [2.45, 2.75) is 24.0 Å². The van der Waals surface area contributed by atoms with Gasteiger partial charge in [0.1, 0.15) is 23.8 Å². The van der Waals surface area contributed by atoms with E-state index in [0.717, 1.165) is 6.42 Å². The molecular formula is C11H12ClFO2. The van der Waals surface area contributed by atoms with E-state index in [0.29, 0.717) is 5.75 Å². The number of methoxy groups -OCH3 is 1. The van der Waals surface area contributed by atoms with Crippen molar-refractivity contribution in [1.82, 2.24) is 0 Å². The average Bonchev–Trinajstić information content (AvgIpc) is 2.21. The van der Waals surface area contributed by atoms with Crippen LogP contribution in [0.15, 0.2) is 24.3 Å². The first kappa shape index (κ1) is 10.7. The molecule has 0 bridgehead atoms. The van der Waals surface area contributed by atoms with Crippen LogP contribution in [-0.2, 0) is 4.74 Å². The van der Waals surface area contributed by atoms with Crippen LogP contribution in [0.25, 0.3) is 0 Å². The van der Waals surface area contributed by atoms with Crippen molar-refractivity contribution in [2.24, 2.45) is 0 Å². The smallest absolute Gasteiger partial charge is 0.128 e. The van der Waals surface area contributed by atoms with Gasteiger partial charge in [0, 0.05) is 13.5 Å². The fraction of sp³-hybridized carbons (Fsp3) is 0.455. The second-order valence-electron chi connectivity index (χ2n) is 3.56. The van der Waals surface area contributed by atoms with Gasteiger partial charge in [-0.25, -0.2) is 4.39 Å². The maximum Gasteiger partial charge on any atom is 0.128 e. The number of benzene rings is 1. The zero-order valence-corrected chi connectivity index (χ0v) is 9.08. The largest absolute Gasteiger partial charge is 0.488 e. The summed E-state index contributed by atoms with van der Waals surface area (Å²) in [6.07, 6.45) is 0.664. The van der Waals surface area contributed by atoms with E-state index >= 15 is 0 Å². The lowest BCUT2D eigenvalue weighted by molar-refractivity contribution is -0.0583. The maximum absolute atomic E-state index is 12.6. The van der Waals surface area contributed by atoms with E-state index in [4.69, 9.17) is 21.1 Å². The molecule has 0 heterocycles. The summed E-state index contributed by atoms with van der Waals surface area (Å²) >= 11 is 5.94. The summed E-state index contributed by atoms with van der Waals surface area (Å²) in [4.78, 5) is 0. The second-order valence-corrected chi connectivity index (χ2v) is 4.12. The van der Waals surface area contributed by atoms with E-state index < -0.39 is 0 Å². The van der Waals surface area contributed by atoms with E-state index in [1.165, 1.54) is 12.1 Å². The molecule has 0 radical (unpaired) electrons. The molecule has 1 fully saturated rings. The standard InChI is InChI=1S/C11H12ClFO2/c1-14-11-9(12)6-10(11)15-8-4-2-7(13)3-5-8/h2-5,9-11H,6H2,1H3. The molecule has 4 heteroatoms. The highest BCUT2D eigenvalue weighted by molar-refractivity contribution is 6.21. The lowest BCUT2D eigenvalue weighted by Gasteiger charge is -2.39. The summed E-state index contributed by atoms with van der Waals surface area (Å²) in [5, 5.41) is 0.0143. The Hall–Kier alpha value is -0.800. The number of alkyl halides is 1. The normalized spacial score (nSPS) is 29.7. The van der Waals surface area contributed by atoms with Crippen molar-refractivity contribution in [3.63, 3.8) is 0 Å². The van der Waals surface area contributed by atoms with Crippen LogP contribution >= 0.6 is 11.6 Å². The number of halogens is 2. The highest BCUT2D eigenvalue weighted by Gasteiger charge is 2.42.